The van der Waals surface area contributed by atoms with Gasteiger partial charge in [-0.25, -0.2) is 8.78 Å². The van der Waals surface area contributed by atoms with E-state index in [1.54, 1.807) is 6.07 Å². The fourth-order valence-corrected chi connectivity index (χ4v) is 5.20. The molecule has 140 valence electrons. The molecule has 0 amide bonds. The molecule has 3 aliphatic rings. The van der Waals surface area contributed by atoms with Crippen LogP contribution in [0.3, 0.4) is 0 Å². The molecular weight excluding hydrogens is 336 g/mol. The third kappa shape index (κ3) is 3.37. The minimum absolute atomic E-state index is 0.194. The lowest BCUT2D eigenvalue weighted by molar-refractivity contribution is -0.185. The molecule has 0 bridgehead atoms. The molecule has 1 aromatic rings. The first-order valence-corrected chi connectivity index (χ1v) is 9.77. The maximum Gasteiger partial charge on any atom is 0.168 e. The number of nitrogens with zero attached hydrogens (tertiary/aromatic N) is 1. The zero-order valence-corrected chi connectivity index (χ0v) is 15.0. The lowest BCUT2D eigenvalue weighted by Gasteiger charge is -2.41. The predicted octanol–water partition coefficient (Wildman–Crippen LogP) is 5.04. The highest BCUT2D eigenvalue weighted by Gasteiger charge is 2.42. The van der Waals surface area contributed by atoms with E-state index < -0.39 is 17.2 Å². The zero-order chi connectivity index (χ0) is 18.1. The highest BCUT2D eigenvalue weighted by atomic mass is 19.1. The summed E-state index contributed by atoms with van der Waals surface area (Å²) in [6.07, 6.45) is 8.41. The number of benzene rings is 1. The molecule has 0 aromatic heterocycles. The molecule has 0 radical (unpaired) electrons. The number of hydrogen-bond donors (Lipinski definition) is 0. The number of rotatable bonds is 2. The summed E-state index contributed by atoms with van der Waals surface area (Å²) in [5.74, 6) is -0.176. The molecule has 3 fully saturated rings. The molecule has 1 saturated heterocycles. The van der Waals surface area contributed by atoms with Crippen LogP contribution < -0.4 is 0 Å². The van der Waals surface area contributed by atoms with E-state index in [2.05, 4.69) is 0 Å². The Morgan fingerprint density at radius 2 is 1.42 bits per heavy atom. The molecule has 26 heavy (non-hydrogen) atoms. The Morgan fingerprint density at radius 3 is 1.96 bits per heavy atom. The third-order valence-electron chi connectivity index (χ3n) is 6.69. The van der Waals surface area contributed by atoms with Gasteiger partial charge < -0.3 is 9.47 Å². The van der Waals surface area contributed by atoms with E-state index in [0.717, 1.165) is 51.4 Å². The first kappa shape index (κ1) is 17.9. The lowest BCUT2D eigenvalue weighted by atomic mass is 9.69. The Hall–Kier alpha value is -1.51. The van der Waals surface area contributed by atoms with Gasteiger partial charge in [0.2, 0.25) is 0 Å². The summed E-state index contributed by atoms with van der Waals surface area (Å²) in [4.78, 5) is 0. The van der Waals surface area contributed by atoms with E-state index in [-0.39, 0.29) is 11.7 Å². The first-order chi connectivity index (χ1) is 12.6. The highest BCUT2D eigenvalue weighted by Crippen LogP contribution is 2.46. The van der Waals surface area contributed by atoms with Gasteiger partial charge in [-0.15, -0.1) is 0 Å². The van der Waals surface area contributed by atoms with Gasteiger partial charge in [0, 0.05) is 12.8 Å². The highest BCUT2D eigenvalue weighted by molar-refractivity contribution is 5.36. The topological polar surface area (TPSA) is 42.2 Å². The van der Waals surface area contributed by atoms with Gasteiger partial charge in [0.1, 0.15) is 23.3 Å². The summed E-state index contributed by atoms with van der Waals surface area (Å²) < 4.78 is 39.4. The number of halogens is 2. The molecule has 5 heteroatoms. The SMILES string of the molecule is N#Cc1c(F)cc(C2CCC(C3CCC4(CC3)OCCO4)CC2)cc1F. The number of ether oxygens (including phenoxy) is 2. The largest absolute Gasteiger partial charge is 0.348 e. The Kier molecular flexibility index (Phi) is 4.98. The van der Waals surface area contributed by atoms with Crippen LogP contribution >= 0.6 is 0 Å². The molecule has 1 spiro atoms. The van der Waals surface area contributed by atoms with E-state index in [1.165, 1.54) is 12.1 Å². The maximum atomic E-state index is 13.9. The minimum atomic E-state index is -0.737. The average molecular weight is 361 g/mol. The van der Waals surface area contributed by atoms with Gasteiger partial charge in [-0.2, -0.15) is 5.26 Å². The van der Waals surface area contributed by atoms with E-state index >= 15 is 0 Å². The van der Waals surface area contributed by atoms with Crippen molar-refractivity contribution in [1.82, 2.24) is 0 Å². The molecule has 0 atom stereocenters. The maximum absolute atomic E-state index is 13.9. The van der Waals surface area contributed by atoms with Crippen LogP contribution in [0.2, 0.25) is 0 Å². The molecular formula is C21H25F2NO2. The predicted molar refractivity (Wildman–Crippen MR) is 92.4 cm³/mol. The number of hydrogen-bond acceptors (Lipinski definition) is 3. The van der Waals surface area contributed by atoms with Crippen LogP contribution in [0.4, 0.5) is 8.78 Å². The van der Waals surface area contributed by atoms with Crippen molar-refractivity contribution >= 4 is 0 Å². The standard InChI is InChI=1S/C21H25F2NO2/c22-19-11-17(12-20(23)18(19)13-24)15-3-1-14(2-4-15)16-5-7-21(8-6-16)25-9-10-26-21/h11-12,14-16H,1-10H2. The lowest BCUT2D eigenvalue weighted by Crippen LogP contribution is -2.37. The van der Waals surface area contributed by atoms with Crippen molar-refractivity contribution in [1.29, 1.82) is 5.26 Å². The molecule has 1 aliphatic heterocycles. The average Bonchev–Trinajstić information content (AvgIpc) is 3.10. The summed E-state index contributed by atoms with van der Waals surface area (Å²) >= 11 is 0. The summed E-state index contributed by atoms with van der Waals surface area (Å²) in [7, 11) is 0. The summed E-state index contributed by atoms with van der Waals surface area (Å²) in [5, 5.41) is 8.81. The molecule has 0 unspecified atom stereocenters. The minimum Gasteiger partial charge on any atom is -0.348 e. The van der Waals surface area contributed by atoms with Crippen LogP contribution in [-0.2, 0) is 9.47 Å². The Bertz CT molecular complexity index is 667. The molecule has 1 heterocycles. The second kappa shape index (κ2) is 7.25. The van der Waals surface area contributed by atoms with Gasteiger partial charge in [0.05, 0.1) is 13.2 Å². The fourth-order valence-electron chi connectivity index (χ4n) is 5.20. The van der Waals surface area contributed by atoms with E-state index in [0.29, 0.717) is 30.6 Å². The van der Waals surface area contributed by atoms with Crippen LogP contribution in [0.5, 0.6) is 0 Å². The van der Waals surface area contributed by atoms with Crippen molar-refractivity contribution in [3.63, 3.8) is 0 Å². The summed E-state index contributed by atoms with van der Waals surface area (Å²) in [6, 6.07) is 4.30. The molecule has 4 rings (SSSR count). The number of nitriles is 1. The van der Waals surface area contributed by atoms with Crippen molar-refractivity contribution in [3.8, 4) is 6.07 Å². The van der Waals surface area contributed by atoms with Gasteiger partial charge >= 0.3 is 0 Å². The molecule has 1 aromatic carbocycles. The van der Waals surface area contributed by atoms with Crippen LogP contribution in [0.15, 0.2) is 12.1 Å². The summed E-state index contributed by atoms with van der Waals surface area (Å²) in [5.41, 5.74) is 0.225. The van der Waals surface area contributed by atoms with Crippen LogP contribution in [0.1, 0.15) is 68.4 Å². The van der Waals surface area contributed by atoms with Crippen LogP contribution in [-0.4, -0.2) is 19.0 Å². The van der Waals surface area contributed by atoms with Crippen molar-refractivity contribution < 1.29 is 18.3 Å². The monoisotopic (exact) mass is 361 g/mol. The van der Waals surface area contributed by atoms with Gasteiger partial charge in [-0.3, -0.25) is 0 Å². The van der Waals surface area contributed by atoms with Crippen molar-refractivity contribution in [2.45, 2.75) is 63.1 Å². The van der Waals surface area contributed by atoms with Crippen molar-refractivity contribution in [2.75, 3.05) is 13.2 Å². The van der Waals surface area contributed by atoms with Gasteiger partial charge in [0.15, 0.2) is 5.79 Å². The quantitative estimate of drug-likeness (QED) is 0.741. The van der Waals surface area contributed by atoms with Gasteiger partial charge in [-0.1, -0.05) is 0 Å². The molecule has 3 nitrogen and oxygen atoms in total. The van der Waals surface area contributed by atoms with E-state index in [4.69, 9.17) is 14.7 Å². The van der Waals surface area contributed by atoms with E-state index in [9.17, 15) is 8.78 Å². The Labute approximate surface area is 153 Å². The molecule has 2 saturated carbocycles. The molecule has 2 aliphatic carbocycles. The van der Waals surface area contributed by atoms with Gasteiger partial charge in [-0.05, 0) is 74.0 Å². The first-order valence-electron chi connectivity index (χ1n) is 9.77. The van der Waals surface area contributed by atoms with Gasteiger partial charge in [0.25, 0.3) is 0 Å². The second-order valence-electron chi connectivity index (χ2n) is 8.03. The Balaban J connectivity index is 1.34. The van der Waals surface area contributed by atoms with Crippen LogP contribution in [0, 0.1) is 34.8 Å². The normalized spacial score (nSPS) is 29.0. The smallest absolute Gasteiger partial charge is 0.168 e. The Morgan fingerprint density at radius 1 is 0.885 bits per heavy atom. The van der Waals surface area contributed by atoms with Crippen molar-refractivity contribution in [3.05, 3.63) is 34.9 Å². The fraction of sp³-hybridized carbons (Fsp3) is 0.667. The second-order valence-corrected chi connectivity index (χ2v) is 8.03. The van der Waals surface area contributed by atoms with Crippen LogP contribution in [0.25, 0.3) is 0 Å². The summed E-state index contributed by atoms with van der Waals surface area (Å²) in [6.45, 7) is 1.43. The van der Waals surface area contributed by atoms with E-state index in [1.807, 2.05) is 0 Å². The van der Waals surface area contributed by atoms with Crippen molar-refractivity contribution in [2.24, 2.45) is 11.8 Å². The zero-order valence-electron chi connectivity index (χ0n) is 15.0. The molecule has 0 N–H and O–H groups in total. The third-order valence-corrected chi connectivity index (χ3v) is 6.69.